The standard InChI is InChI=1S/C70H57N.C62H41N/c1-69(2,3)56-37-39-60-63(44-56)67(52-30-26-50(27-31-52)49-24-22-48(23-25-49)46-16-10-7-11-17-46)59-38-36-57(70(4,5)6)45-64(59)68(60)53-32-28-51(29-33-53)55-35-41-66-62(43-55)61-42-54(47-18-12-8-13-19-47)34-40-65(61)71(66)58-20-14-9-15-21-58;1-6-16-42(17-7-1)48-31-35-54-57(40-48)61(46-22-12-4-13-23-46)53-34-30-49(43-18-8-2-9-19-43)41-58(53)62(54)47-28-26-45(27-29-47)51-33-37-60-56(39-51)55-38-50(44-20-10-3-11-21-44)32-36-59(55)63(60)52-24-14-5-15-25-52/h7-45H,1-6H3;1-41H. The number of benzene rings is 22. The van der Waals surface area contributed by atoms with E-state index in [1.165, 1.54) is 231 Å². The molecule has 22 aromatic carbocycles. The van der Waals surface area contributed by atoms with E-state index in [0.717, 1.165) is 11.4 Å². The van der Waals surface area contributed by atoms with Gasteiger partial charge in [-0.3, -0.25) is 0 Å². The SMILES string of the molecule is CC(C)(C)c1ccc2c(-c3ccc(-c4ccc5c(c4)c4cc(-c6ccccc6)ccc4n5-c4ccccc4)cc3)c3cc(C(C)(C)C)ccc3c(-c3ccc(-c4ccc(-c5ccccc5)cc4)cc3)c2c1.c1ccc(-c2ccc3c(-c4ccc(-c5ccc6c(c5)c5cc(-c7ccccc7)ccc5n6-c5ccccc5)cc4)c4cc(-c5ccccc5)ccc4c(-c4ccccc4)c3c2)cc1. The fourth-order valence-corrected chi connectivity index (χ4v) is 20.6. The molecule has 134 heavy (non-hydrogen) atoms. The molecule has 0 N–H and O–H groups in total. The summed E-state index contributed by atoms with van der Waals surface area (Å²) in [6.07, 6.45) is 0. The van der Waals surface area contributed by atoms with Crippen molar-refractivity contribution in [1.82, 2.24) is 9.13 Å². The van der Waals surface area contributed by atoms with Crippen molar-refractivity contribution in [3.8, 4) is 145 Å². The number of nitrogens with zero attached hydrogens (tertiary/aromatic N) is 2. The topological polar surface area (TPSA) is 9.86 Å². The fraction of sp³-hybridized carbons (Fsp3) is 0.0606. The van der Waals surface area contributed by atoms with Gasteiger partial charge in [0.1, 0.15) is 0 Å². The molecular weight excluding hydrogens is 1610 g/mol. The smallest absolute Gasteiger partial charge is 0.0541 e. The Morgan fingerprint density at radius 1 is 0.127 bits per heavy atom. The van der Waals surface area contributed by atoms with Crippen molar-refractivity contribution in [3.05, 3.63) is 496 Å². The van der Waals surface area contributed by atoms with Crippen molar-refractivity contribution in [2.45, 2.75) is 52.4 Å². The molecule has 24 aromatic rings. The molecule has 636 valence electrons. The van der Waals surface area contributed by atoms with Crippen LogP contribution in [0.15, 0.2) is 485 Å². The van der Waals surface area contributed by atoms with E-state index in [9.17, 15) is 0 Å². The minimum Gasteiger partial charge on any atom is -0.309 e. The van der Waals surface area contributed by atoms with Crippen LogP contribution in [-0.4, -0.2) is 9.13 Å². The van der Waals surface area contributed by atoms with E-state index in [2.05, 4.69) is 536 Å². The summed E-state index contributed by atoms with van der Waals surface area (Å²) in [5, 5.41) is 15.0. The lowest BCUT2D eigenvalue weighted by Gasteiger charge is -2.25. The summed E-state index contributed by atoms with van der Waals surface area (Å²) >= 11 is 0. The van der Waals surface area contributed by atoms with Gasteiger partial charge in [-0.05, 0) is 296 Å². The average molecular weight is 1710 g/mol. The van der Waals surface area contributed by atoms with Gasteiger partial charge in [0.2, 0.25) is 0 Å². The van der Waals surface area contributed by atoms with Crippen LogP contribution >= 0.6 is 0 Å². The molecule has 0 aliphatic rings. The first-order valence-electron chi connectivity index (χ1n) is 46.8. The van der Waals surface area contributed by atoms with E-state index < -0.39 is 0 Å². The van der Waals surface area contributed by atoms with Crippen molar-refractivity contribution in [2.75, 3.05) is 0 Å². The molecule has 0 amide bonds. The Hall–Kier alpha value is -16.5. The third kappa shape index (κ3) is 15.2. The van der Waals surface area contributed by atoms with Crippen molar-refractivity contribution in [2.24, 2.45) is 0 Å². The first-order chi connectivity index (χ1) is 65.7. The van der Waals surface area contributed by atoms with Crippen LogP contribution < -0.4 is 0 Å². The number of hydrogen-bond acceptors (Lipinski definition) is 0. The molecule has 2 heterocycles. The predicted octanol–water partition coefficient (Wildman–Crippen LogP) is 36.8. The zero-order valence-corrected chi connectivity index (χ0v) is 76.1. The quantitative estimate of drug-likeness (QED) is 0.0961. The number of aromatic nitrogens is 2. The molecule has 0 unspecified atom stereocenters. The van der Waals surface area contributed by atoms with Crippen molar-refractivity contribution in [1.29, 1.82) is 0 Å². The molecule has 2 aromatic heterocycles. The average Bonchev–Trinajstić information content (AvgIpc) is 1.70. The highest BCUT2D eigenvalue weighted by Gasteiger charge is 2.27. The van der Waals surface area contributed by atoms with Gasteiger partial charge in [0.25, 0.3) is 0 Å². The minimum atomic E-state index is -0.0254. The lowest BCUT2D eigenvalue weighted by molar-refractivity contribution is 0.590. The van der Waals surface area contributed by atoms with E-state index in [0.29, 0.717) is 0 Å². The third-order valence-corrected chi connectivity index (χ3v) is 27.5. The first kappa shape index (κ1) is 81.9. The Bertz CT molecular complexity index is 8540. The number of para-hydroxylation sites is 2. The molecule has 24 rings (SSSR count). The maximum Gasteiger partial charge on any atom is 0.0541 e. The summed E-state index contributed by atoms with van der Waals surface area (Å²) in [5.74, 6) is 0. The van der Waals surface area contributed by atoms with Crippen LogP contribution in [0.4, 0.5) is 0 Å². The Balaban J connectivity index is 0.000000152. The lowest BCUT2D eigenvalue weighted by atomic mass is 9.79. The second-order valence-corrected chi connectivity index (χ2v) is 37.8. The summed E-state index contributed by atoms with van der Waals surface area (Å²) in [5.41, 5.74) is 39.0. The highest BCUT2D eigenvalue weighted by molar-refractivity contribution is 6.24. The molecule has 0 aliphatic heterocycles. The van der Waals surface area contributed by atoms with E-state index >= 15 is 0 Å². The van der Waals surface area contributed by atoms with Gasteiger partial charge < -0.3 is 9.13 Å². The van der Waals surface area contributed by atoms with Crippen LogP contribution in [0.3, 0.4) is 0 Å². The molecule has 0 radical (unpaired) electrons. The second-order valence-electron chi connectivity index (χ2n) is 37.8. The van der Waals surface area contributed by atoms with E-state index in [4.69, 9.17) is 0 Å². The van der Waals surface area contributed by atoms with E-state index in [1.807, 2.05) is 0 Å². The van der Waals surface area contributed by atoms with Crippen molar-refractivity contribution in [3.63, 3.8) is 0 Å². The van der Waals surface area contributed by atoms with E-state index in [1.54, 1.807) is 0 Å². The van der Waals surface area contributed by atoms with Crippen LogP contribution in [0.25, 0.3) is 232 Å². The molecule has 2 nitrogen and oxygen atoms in total. The molecular formula is C132H98N2. The Labute approximate surface area is 784 Å². The molecule has 0 bridgehead atoms. The highest BCUT2D eigenvalue weighted by atomic mass is 15.0. The molecule has 2 heteroatoms. The number of rotatable bonds is 14. The molecule has 0 saturated carbocycles. The highest BCUT2D eigenvalue weighted by Crippen LogP contribution is 2.51. The van der Waals surface area contributed by atoms with Crippen LogP contribution in [0.2, 0.25) is 0 Å². The maximum absolute atomic E-state index is 2.47. The predicted molar refractivity (Wildman–Crippen MR) is 574 cm³/mol. The Morgan fingerprint density at radius 3 is 0.537 bits per heavy atom. The molecule has 0 atom stereocenters. The van der Waals surface area contributed by atoms with Crippen LogP contribution in [0.1, 0.15) is 52.7 Å². The van der Waals surface area contributed by atoms with Crippen molar-refractivity contribution >= 4 is 86.7 Å². The number of hydrogen-bond donors (Lipinski definition) is 0. The Morgan fingerprint density at radius 2 is 0.291 bits per heavy atom. The van der Waals surface area contributed by atoms with Gasteiger partial charge in [-0.2, -0.15) is 0 Å². The zero-order chi connectivity index (χ0) is 90.1. The largest absolute Gasteiger partial charge is 0.309 e. The lowest BCUT2D eigenvalue weighted by Crippen LogP contribution is -2.11. The van der Waals surface area contributed by atoms with Gasteiger partial charge >= 0.3 is 0 Å². The summed E-state index contributed by atoms with van der Waals surface area (Å²) in [7, 11) is 0. The van der Waals surface area contributed by atoms with Gasteiger partial charge in [0.15, 0.2) is 0 Å². The number of fused-ring (bicyclic) bond motifs is 10. The van der Waals surface area contributed by atoms with Gasteiger partial charge in [0, 0.05) is 32.9 Å². The molecule has 0 aliphatic carbocycles. The zero-order valence-electron chi connectivity index (χ0n) is 76.1. The van der Waals surface area contributed by atoms with Gasteiger partial charge in [-0.1, -0.05) is 430 Å². The van der Waals surface area contributed by atoms with Crippen molar-refractivity contribution < 1.29 is 0 Å². The summed E-state index contributed by atoms with van der Waals surface area (Å²) in [6, 6.07) is 179. The van der Waals surface area contributed by atoms with Crippen LogP contribution in [-0.2, 0) is 10.8 Å². The van der Waals surface area contributed by atoms with Crippen LogP contribution in [0.5, 0.6) is 0 Å². The van der Waals surface area contributed by atoms with Gasteiger partial charge in [0.05, 0.1) is 22.1 Å². The molecule has 0 fully saturated rings. The maximum atomic E-state index is 2.47. The normalized spacial score (nSPS) is 11.8. The second kappa shape index (κ2) is 34.1. The van der Waals surface area contributed by atoms with Gasteiger partial charge in [-0.25, -0.2) is 0 Å². The monoisotopic (exact) mass is 1710 g/mol. The van der Waals surface area contributed by atoms with Gasteiger partial charge in [-0.15, -0.1) is 0 Å². The van der Waals surface area contributed by atoms with E-state index in [-0.39, 0.29) is 10.8 Å². The summed E-state index contributed by atoms with van der Waals surface area (Å²) in [6.45, 7) is 13.9. The molecule has 0 spiro atoms. The molecule has 0 saturated heterocycles. The first-order valence-corrected chi connectivity index (χ1v) is 46.8. The summed E-state index contributed by atoms with van der Waals surface area (Å²) in [4.78, 5) is 0. The summed E-state index contributed by atoms with van der Waals surface area (Å²) < 4.78 is 4.80. The fourth-order valence-electron chi connectivity index (χ4n) is 20.6. The Kier molecular flexibility index (Phi) is 20.8. The van der Waals surface area contributed by atoms with Crippen LogP contribution in [0, 0.1) is 0 Å². The third-order valence-electron chi connectivity index (χ3n) is 27.5. The minimum absolute atomic E-state index is 0.0221.